The van der Waals surface area contributed by atoms with Gasteiger partial charge in [0.05, 0.1) is 23.1 Å². The zero-order valence-electron chi connectivity index (χ0n) is 12.8. The molecule has 3 aromatic rings. The summed E-state index contributed by atoms with van der Waals surface area (Å²) in [5.41, 5.74) is 3.20. The van der Waals surface area contributed by atoms with E-state index in [2.05, 4.69) is 47.8 Å². The summed E-state index contributed by atoms with van der Waals surface area (Å²) in [5.74, 6) is 0.859. The summed E-state index contributed by atoms with van der Waals surface area (Å²) >= 11 is 3.51. The Morgan fingerprint density at radius 2 is 1.92 bits per heavy atom. The summed E-state index contributed by atoms with van der Waals surface area (Å²) < 4.78 is 0.916. The number of aromatic nitrogens is 3. The Labute approximate surface area is 147 Å². The van der Waals surface area contributed by atoms with Gasteiger partial charge in [-0.3, -0.25) is 0 Å². The third-order valence-electron chi connectivity index (χ3n) is 3.24. The van der Waals surface area contributed by atoms with Crippen LogP contribution in [0.4, 0.5) is 23.1 Å². The van der Waals surface area contributed by atoms with E-state index in [0.29, 0.717) is 23.0 Å². The summed E-state index contributed by atoms with van der Waals surface area (Å²) in [4.78, 5) is 4.38. The number of rotatable bonds is 4. The van der Waals surface area contributed by atoms with Gasteiger partial charge in [0.15, 0.2) is 5.82 Å². The summed E-state index contributed by atoms with van der Waals surface area (Å²) in [6, 6.07) is 15.3. The van der Waals surface area contributed by atoms with Crippen LogP contribution >= 0.6 is 15.9 Å². The highest BCUT2D eigenvalue weighted by Gasteiger charge is 2.06. The first-order chi connectivity index (χ1) is 11.7. The summed E-state index contributed by atoms with van der Waals surface area (Å²) in [5, 5.41) is 23.3. The third-order valence-corrected chi connectivity index (χ3v) is 3.90. The van der Waals surface area contributed by atoms with Crippen LogP contribution in [0.5, 0.6) is 0 Å². The lowest BCUT2D eigenvalue weighted by atomic mass is 10.2. The van der Waals surface area contributed by atoms with E-state index in [-0.39, 0.29) is 0 Å². The van der Waals surface area contributed by atoms with Crippen molar-refractivity contribution in [2.45, 2.75) is 6.92 Å². The molecule has 118 valence electrons. The van der Waals surface area contributed by atoms with Gasteiger partial charge in [0.2, 0.25) is 5.95 Å². The minimum Gasteiger partial charge on any atom is -0.338 e. The molecule has 0 fully saturated rings. The Balaban J connectivity index is 1.83. The quantitative estimate of drug-likeness (QED) is 0.701. The van der Waals surface area contributed by atoms with E-state index in [1.54, 1.807) is 6.07 Å². The van der Waals surface area contributed by atoms with E-state index >= 15 is 0 Å². The molecular formula is C17H13BrN6. The van der Waals surface area contributed by atoms with Crippen molar-refractivity contribution in [2.75, 3.05) is 10.6 Å². The second-order valence-electron chi connectivity index (χ2n) is 5.06. The highest BCUT2D eigenvalue weighted by molar-refractivity contribution is 9.10. The number of nitrogens with zero attached hydrogens (tertiary/aromatic N) is 4. The van der Waals surface area contributed by atoms with Gasteiger partial charge in [-0.1, -0.05) is 18.2 Å². The van der Waals surface area contributed by atoms with Crippen LogP contribution in [0, 0.1) is 18.3 Å². The molecule has 0 unspecified atom stereocenters. The van der Waals surface area contributed by atoms with Crippen molar-refractivity contribution in [3.63, 3.8) is 0 Å². The molecule has 1 aromatic heterocycles. The van der Waals surface area contributed by atoms with E-state index in [1.165, 1.54) is 6.20 Å². The molecule has 0 aliphatic heterocycles. The van der Waals surface area contributed by atoms with Gasteiger partial charge in [-0.15, -0.1) is 5.10 Å². The molecule has 0 spiro atoms. The maximum absolute atomic E-state index is 9.14. The molecule has 0 amide bonds. The molecule has 2 aromatic carbocycles. The summed E-state index contributed by atoms with van der Waals surface area (Å²) in [6.07, 6.45) is 1.50. The van der Waals surface area contributed by atoms with Crippen molar-refractivity contribution in [2.24, 2.45) is 0 Å². The first-order valence-electron chi connectivity index (χ1n) is 7.15. The standard InChI is InChI=1S/C17H13BrN6/c1-11-6-7-15(13(18)8-11)22-17-23-16(10-20-24-17)21-14-5-3-2-4-12(14)9-19/h2-8,10H,1H3,(H2,21,22,23,24). The largest absolute Gasteiger partial charge is 0.338 e. The van der Waals surface area contributed by atoms with Gasteiger partial charge < -0.3 is 10.6 Å². The molecule has 24 heavy (non-hydrogen) atoms. The van der Waals surface area contributed by atoms with Gasteiger partial charge in [0.25, 0.3) is 0 Å². The molecule has 2 N–H and O–H groups in total. The minimum absolute atomic E-state index is 0.360. The van der Waals surface area contributed by atoms with Crippen molar-refractivity contribution < 1.29 is 0 Å². The Morgan fingerprint density at radius 1 is 1.08 bits per heavy atom. The average molecular weight is 381 g/mol. The number of hydrogen-bond donors (Lipinski definition) is 2. The van der Waals surface area contributed by atoms with Gasteiger partial charge in [0, 0.05) is 4.47 Å². The molecule has 0 atom stereocenters. The summed E-state index contributed by atoms with van der Waals surface area (Å²) in [7, 11) is 0. The van der Waals surface area contributed by atoms with E-state index in [4.69, 9.17) is 5.26 Å². The monoisotopic (exact) mass is 380 g/mol. The molecule has 1 heterocycles. The van der Waals surface area contributed by atoms with Crippen LogP contribution in [0.3, 0.4) is 0 Å². The fourth-order valence-corrected chi connectivity index (χ4v) is 2.68. The van der Waals surface area contributed by atoms with Crippen LogP contribution in [0.1, 0.15) is 11.1 Å². The van der Waals surface area contributed by atoms with Gasteiger partial charge in [-0.05, 0) is 52.7 Å². The molecule has 0 radical (unpaired) electrons. The van der Waals surface area contributed by atoms with Crippen molar-refractivity contribution in [3.8, 4) is 6.07 Å². The summed E-state index contributed by atoms with van der Waals surface area (Å²) in [6.45, 7) is 2.02. The second kappa shape index (κ2) is 7.06. The number of nitrogens with one attached hydrogen (secondary N) is 2. The highest BCUT2D eigenvalue weighted by Crippen LogP contribution is 2.26. The van der Waals surface area contributed by atoms with E-state index in [9.17, 15) is 0 Å². The van der Waals surface area contributed by atoms with Gasteiger partial charge in [-0.2, -0.15) is 15.3 Å². The van der Waals surface area contributed by atoms with Crippen LogP contribution in [0.2, 0.25) is 0 Å². The predicted octanol–water partition coefficient (Wildman–Crippen LogP) is 4.30. The van der Waals surface area contributed by atoms with Crippen molar-refractivity contribution >= 4 is 39.1 Å². The fraction of sp³-hybridized carbons (Fsp3) is 0.0588. The molecule has 6 nitrogen and oxygen atoms in total. The smallest absolute Gasteiger partial charge is 0.249 e. The Bertz CT molecular complexity index is 919. The lowest BCUT2D eigenvalue weighted by Crippen LogP contribution is -2.03. The minimum atomic E-state index is 0.360. The van der Waals surface area contributed by atoms with E-state index < -0.39 is 0 Å². The Hall–Kier alpha value is -2.98. The van der Waals surface area contributed by atoms with Crippen molar-refractivity contribution in [1.29, 1.82) is 5.26 Å². The molecule has 0 bridgehead atoms. The number of anilines is 4. The molecular weight excluding hydrogens is 368 g/mol. The molecule has 0 aliphatic rings. The SMILES string of the molecule is Cc1ccc(Nc2nncc(Nc3ccccc3C#N)n2)c(Br)c1. The third kappa shape index (κ3) is 3.67. The van der Waals surface area contributed by atoms with E-state index in [1.807, 2.05) is 43.3 Å². The van der Waals surface area contributed by atoms with Crippen molar-refractivity contribution in [3.05, 3.63) is 64.3 Å². The lowest BCUT2D eigenvalue weighted by Gasteiger charge is -2.10. The van der Waals surface area contributed by atoms with Crippen LogP contribution in [-0.4, -0.2) is 15.2 Å². The second-order valence-corrected chi connectivity index (χ2v) is 5.91. The van der Waals surface area contributed by atoms with Crippen LogP contribution in [0.15, 0.2) is 53.1 Å². The van der Waals surface area contributed by atoms with Gasteiger partial charge in [-0.25, -0.2) is 0 Å². The molecule has 0 aliphatic carbocycles. The number of aryl methyl sites for hydroxylation is 1. The number of nitriles is 1. The topological polar surface area (TPSA) is 86.5 Å². The fourth-order valence-electron chi connectivity index (χ4n) is 2.09. The predicted molar refractivity (Wildman–Crippen MR) is 96.4 cm³/mol. The number of para-hydroxylation sites is 1. The Morgan fingerprint density at radius 3 is 2.71 bits per heavy atom. The number of halogens is 1. The molecule has 0 saturated heterocycles. The zero-order chi connectivity index (χ0) is 16.9. The van der Waals surface area contributed by atoms with Crippen LogP contribution < -0.4 is 10.6 Å². The van der Waals surface area contributed by atoms with Crippen molar-refractivity contribution in [1.82, 2.24) is 15.2 Å². The number of benzene rings is 2. The average Bonchev–Trinajstić information content (AvgIpc) is 2.58. The van der Waals surface area contributed by atoms with Gasteiger partial charge in [0.1, 0.15) is 6.07 Å². The molecule has 7 heteroatoms. The molecule has 3 rings (SSSR count). The first kappa shape index (κ1) is 15.9. The van der Waals surface area contributed by atoms with Crippen LogP contribution in [0.25, 0.3) is 0 Å². The normalized spacial score (nSPS) is 10.0. The van der Waals surface area contributed by atoms with Gasteiger partial charge >= 0.3 is 0 Å². The zero-order valence-corrected chi connectivity index (χ0v) is 14.4. The Kier molecular flexibility index (Phi) is 4.68. The maximum atomic E-state index is 9.14. The maximum Gasteiger partial charge on any atom is 0.249 e. The van der Waals surface area contributed by atoms with E-state index in [0.717, 1.165) is 15.7 Å². The molecule has 0 saturated carbocycles. The highest BCUT2D eigenvalue weighted by atomic mass is 79.9. The first-order valence-corrected chi connectivity index (χ1v) is 7.94. The van der Waals surface area contributed by atoms with Crippen LogP contribution in [-0.2, 0) is 0 Å². The lowest BCUT2D eigenvalue weighted by molar-refractivity contribution is 0.982. The number of hydrogen-bond acceptors (Lipinski definition) is 6.